The van der Waals surface area contributed by atoms with Gasteiger partial charge in [0.15, 0.2) is 5.78 Å². The second-order valence-electron chi connectivity index (χ2n) is 4.80. The van der Waals surface area contributed by atoms with E-state index in [9.17, 15) is 19.7 Å². The molecule has 0 unspecified atom stereocenters. The Kier molecular flexibility index (Phi) is 5.56. The number of pyridine rings is 1. The van der Waals surface area contributed by atoms with Crippen molar-refractivity contribution >= 4 is 11.8 Å². The summed E-state index contributed by atoms with van der Waals surface area (Å²) in [6.45, 7) is 0.950. The normalized spacial score (nSPS) is 10.0. The van der Waals surface area contributed by atoms with Crippen LogP contribution in [0.25, 0.3) is 0 Å². The predicted molar refractivity (Wildman–Crippen MR) is 81.6 cm³/mol. The van der Waals surface area contributed by atoms with E-state index in [1.165, 1.54) is 13.0 Å². The minimum absolute atomic E-state index is 0.128. The summed E-state index contributed by atoms with van der Waals surface area (Å²) in [7, 11) is 0. The molecule has 0 aliphatic heterocycles. The molecule has 2 aromatic rings. The predicted octanol–water partition coefficient (Wildman–Crippen LogP) is 2.35. The zero-order valence-electron chi connectivity index (χ0n) is 12.8. The summed E-state index contributed by atoms with van der Waals surface area (Å²) in [5.41, 5.74) is 1.21. The van der Waals surface area contributed by atoms with Crippen LogP contribution in [0.1, 0.15) is 39.0 Å². The number of carbonyl (C=O) groups is 2. The van der Waals surface area contributed by atoms with Crippen molar-refractivity contribution in [2.75, 3.05) is 0 Å². The summed E-state index contributed by atoms with van der Waals surface area (Å²) < 4.78 is 5.16. The zero-order chi connectivity index (χ0) is 17.5. The summed E-state index contributed by atoms with van der Waals surface area (Å²) in [5, 5.41) is 9.27. The molecule has 8 heteroatoms. The van der Waals surface area contributed by atoms with Crippen LogP contribution in [0, 0.1) is 10.1 Å². The number of hydrogen-bond donors (Lipinski definition) is 0. The number of hydrogen-bond acceptors (Lipinski definition) is 7. The fourth-order valence-electron chi connectivity index (χ4n) is 1.99. The van der Waals surface area contributed by atoms with Crippen LogP contribution in [0.15, 0.2) is 42.5 Å². The lowest BCUT2D eigenvalue weighted by atomic mass is 10.0. The minimum atomic E-state index is -0.910. The highest BCUT2D eigenvalue weighted by Gasteiger charge is 2.15. The molecule has 0 fully saturated rings. The van der Waals surface area contributed by atoms with Gasteiger partial charge >= 0.3 is 5.97 Å². The molecule has 1 heterocycles. The van der Waals surface area contributed by atoms with Crippen molar-refractivity contribution in [3.63, 3.8) is 0 Å². The fraction of sp³-hybridized carbons (Fsp3) is 0.188. The smallest absolute Gasteiger partial charge is 0.339 e. The SMILES string of the molecule is CC(=O)c1ccccc1C(=O)OCc1cccc(CO[N+](=O)[O-])n1. The first-order valence-electron chi connectivity index (χ1n) is 6.96. The quantitative estimate of drug-likeness (QED) is 0.332. The Balaban J connectivity index is 2.03. The number of Topliss-reactive ketones (excluding diaryl/α,β-unsaturated/α-hetero) is 1. The number of ketones is 1. The van der Waals surface area contributed by atoms with Gasteiger partial charge in [-0.2, -0.15) is 0 Å². The molecule has 0 radical (unpaired) electrons. The highest BCUT2D eigenvalue weighted by Crippen LogP contribution is 2.12. The summed E-state index contributed by atoms with van der Waals surface area (Å²) in [4.78, 5) is 42.2. The van der Waals surface area contributed by atoms with Crippen LogP contribution in [0.2, 0.25) is 0 Å². The Morgan fingerprint density at radius 2 is 1.67 bits per heavy atom. The van der Waals surface area contributed by atoms with Gasteiger partial charge in [-0.05, 0) is 25.1 Å². The largest absolute Gasteiger partial charge is 0.456 e. The molecule has 0 saturated carbocycles. The van der Waals surface area contributed by atoms with Gasteiger partial charge in [-0.25, -0.2) is 4.79 Å². The van der Waals surface area contributed by atoms with Crippen molar-refractivity contribution in [3.05, 3.63) is 75.1 Å². The number of carbonyl (C=O) groups excluding carboxylic acids is 2. The average molecular weight is 330 g/mol. The molecule has 24 heavy (non-hydrogen) atoms. The maximum Gasteiger partial charge on any atom is 0.339 e. The molecule has 0 atom stereocenters. The third-order valence-corrected chi connectivity index (χ3v) is 3.06. The van der Waals surface area contributed by atoms with Gasteiger partial charge in [0.2, 0.25) is 0 Å². The molecule has 1 aromatic heterocycles. The van der Waals surface area contributed by atoms with E-state index in [2.05, 4.69) is 9.82 Å². The van der Waals surface area contributed by atoms with Crippen molar-refractivity contribution in [3.8, 4) is 0 Å². The first-order chi connectivity index (χ1) is 11.5. The van der Waals surface area contributed by atoms with Crippen LogP contribution in [-0.4, -0.2) is 21.8 Å². The van der Waals surface area contributed by atoms with Crippen molar-refractivity contribution in [1.82, 2.24) is 4.98 Å². The van der Waals surface area contributed by atoms with Gasteiger partial charge in [-0.3, -0.25) is 9.78 Å². The van der Waals surface area contributed by atoms with E-state index in [0.717, 1.165) is 0 Å². The summed E-state index contributed by atoms with van der Waals surface area (Å²) in [5.74, 6) is -0.880. The van der Waals surface area contributed by atoms with Gasteiger partial charge in [0, 0.05) is 5.56 Å². The van der Waals surface area contributed by atoms with E-state index in [0.29, 0.717) is 11.4 Å². The maximum atomic E-state index is 12.1. The lowest BCUT2D eigenvalue weighted by Crippen LogP contribution is -2.11. The van der Waals surface area contributed by atoms with Crippen molar-refractivity contribution < 1.29 is 24.3 Å². The number of esters is 1. The minimum Gasteiger partial charge on any atom is -0.456 e. The molecular formula is C16H14N2O6. The van der Waals surface area contributed by atoms with E-state index in [-0.39, 0.29) is 30.1 Å². The first-order valence-corrected chi connectivity index (χ1v) is 6.96. The average Bonchev–Trinajstić information content (AvgIpc) is 2.58. The Morgan fingerprint density at radius 3 is 2.29 bits per heavy atom. The van der Waals surface area contributed by atoms with Crippen molar-refractivity contribution in [2.45, 2.75) is 20.1 Å². The van der Waals surface area contributed by atoms with Gasteiger partial charge in [-0.1, -0.05) is 24.3 Å². The maximum absolute atomic E-state index is 12.1. The first kappa shape index (κ1) is 17.1. The molecule has 0 saturated heterocycles. The summed E-state index contributed by atoms with van der Waals surface area (Å²) in [6.07, 6.45) is 0. The Morgan fingerprint density at radius 1 is 1.04 bits per heavy atom. The van der Waals surface area contributed by atoms with Crippen LogP contribution in [-0.2, 0) is 22.8 Å². The van der Waals surface area contributed by atoms with Gasteiger partial charge in [0.1, 0.15) is 13.2 Å². The monoisotopic (exact) mass is 330 g/mol. The summed E-state index contributed by atoms with van der Waals surface area (Å²) in [6, 6.07) is 11.1. The number of nitrogens with zero attached hydrogens (tertiary/aromatic N) is 2. The third kappa shape index (κ3) is 4.60. The molecule has 8 nitrogen and oxygen atoms in total. The molecule has 2 rings (SSSR count). The van der Waals surface area contributed by atoms with Crippen LogP contribution >= 0.6 is 0 Å². The Labute approximate surface area is 137 Å². The lowest BCUT2D eigenvalue weighted by molar-refractivity contribution is -0.763. The van der Waals surface area contributed by atoms with E-state index in [1.54, 1.807) is 36.4 Å². The Hall–Kier alpha value is -3.29. The van der Waals surface area contributed by atoms with Crippen LogP contribution in [0.3, 0.4) is 0 Å². The van der Waals surface area contributed by atoms with Gasteiger partial charge in [-0.15, -0.1) is 10.1 Å². The molecule has 0 aliphatic carbocycles. The van der Waals surface area contributed by atoms with Crippen LogP contribution < -0.4 is 0 Å². The van der Waals surface area contributed by atoms with E-state index in [1.807, 2.05) is 0 Å². The lowest BCUT2D eigenvalue weighted by Gasteiger charge is -2.08. The van der Waals surface area contributed by atoms with Crippen molar-refractivity contribution in [2.24, 2.45) is 0 Å². The van der Waals surface area contributed by atoms with Gasteiger partial charge in [0.05, 0.1) is 17.0 Å². The van der Waals surface area contributed by atoms with E-state index >= 15 is 0 Å². The number of rotatable bonds is 7. The topological polar surface area (TPSA) is 109 Å². The fourth-order valence-corrected chi connectivity index (χ4v) is 1.99. The number of aromatic nitrogens is 1. The molecule has 0 spiro atoms. The van der Waals surface area contributed by atoms with Crippen molar-refractivity contribution in [1.29, 1.82) is 0 Å². The zero-order valence-corrected chi connectivity index (χ0v) is 12.8. The Bertz CT molecular complexity index is 775. The van der Waals surface area contributed by atoms with Gasteiger partial charge in [0.25, 0.3) is 5.09 Å². The summed E-state index contributed by atoms with van der Waals surface area (Å²) >= 11 is 0. The molecule has 0 amide bonds. The van der Waals surface area contributed by atoms with Crippen LogP contribution in [0.5, 0.6) is 0 Å². The highest BCUT2D eigenvalue weighted by molar-refractivity contribution is 6.05. The third-order valence-electron chi connectivity index (χ3n) is 3.06. The van der Waals surface area contributed by atoms with Gasteiger partial charge < -0.3 is 9.57 Å². The standard InChI is InChI=1S/C16H14N2O6/c1-11(19)14-7-2-3-8-15(14)16(20)23-9-12-5-4-6-13(17-12)10-24-18(21)22/h2-8H,9-10H2,1H3. The molecule has 0 N–H and O–H groups in total. The van der Waals surface area contributed by atoms with E-state index < -0.39 is 11.1 Å². The number of benzene rings is 1. The molecule has 0 aliphatic rings. The molecular weight excluding hydrogens is 316 g/mol. The second kappa shape index (κ2) is 7.82. The van der Waals surface area contributed by atoms with Crippen LogP contribution in [0.4, 0.5) is 0 Å². The second-order valence-corrected chi connectivity index (χ2v) is 4.80. The molecule has 1 aromatic carbocycles. The van der Waals surface area contributed by atoms with E-state index in [4.69, 9.17) is 4.74 Å². The highest BCUT2D eigenvalue weighted by atomic mass is 16.9. The molecule has 0 bridgehead atoms. The number of ether oxygens (including phenoxy) is 1. The molecule has 124 valence electrons.